The topological polar surface area (TPSA) is 17.1 Å². The highest BCUT2D eigenvalue weighted by Gasteiger charge is 1.87. The van der Waals surface area contributed by atoms with E-state index in [4.69, 9.17) is 0 Å². The van der Waals surface area contributed by atoms with E-state index in [9.17, 15) is 4.79 Å². The molecule has 0 amide bonds. The summed E-state index contributed by atoms with van der Waals surface area (Å²) in [5.74, 6) is 0. The lowest BCUT2D eigenvalue weighted by atomic mass is 10.1. The molecule has 1 heteroatoms. The summed E-state index contributed by atoms with van der Waals surface area (Å²) in [6.07, 6.45) is 21.7. The lowest BCUT2D eigenvalue weighted by molar-refractivity contribution is -0.107. The molecule has 0 atom stereocenters. The number of unbranched alkanes of at least 4 members (excludes halogenated alkanes) is 7. The maximum atomic E-state index is 10.1. The second-order valence-electron chi connectivity index (χ2n) is 4.47. The molecule has 0 aromatic heterocycles. The first-order valence-electron chi connectivity index (χ1n) is 7.15. The molecule has 0 aromatic rings. The normalized spacial score (nSPS) is 11.6. The van der Waals surface area contributed by atoms with Crippen LogP contribution in [0.25, 0.3) is 0 Å². The van der Waals surface area contributed by atoms with Crippen molar-refractivity contribution in [3.63, 3.8) is 0 Å². The van der Waals surface area contributed by atoms with Crippen LogP contribution in [0, 0.1) is 0 Å². The van der Waals surface area contributed by atoms with Crippen LogP contribution in [0.2, 0.25) is 0 Å². The van der Waals surface area contributed by atoms with Crippen molar-refractivity contribution in [2.45, 2.75) is 71.1 Å². The first-order chi connectivity index (χ1) is 8.41. The molecule has 0 saturated heterocycles. The molecule has 17 heavy (non-hydrogen) atoms. The smallest absolute Gasteiger partial charge is 0.120 e. The lowest BCUT2D eigenvalue weighted by Gasteiger charge is -1.96. The van der Waals surface area contributed by atoms with Gasteiger partial charge in [0.25, 0.3) is 0 Å². The van der Waals surface area contributed by atoms with Gasteiger partial charge in [-0.3, -0.25) is 0 Å². The second-order valence-corrected chi connectivity index (χ2v) is 4.47. The Balaban J connectivity index is 3.08. The number of allylic oxidation sites excluding steroid dienone is 4. The number of hydrogen-bond acceptors (Lipinski definition) is 1. The molecule has 0 saturated carbocycles. The Hall–Kier alpha value is -0.850. The molecule has 0 unspecified atom stereocenters. The minimum absolute atomic E-state index is 0.667. The Bertz CT molecular complexity index is 204. The van der Waals surface area contributed by atoms with E-state index in [-0.39, 0.29) is 0 Å². The maximum absolute atomic E-state index is 10.1. The van der Waals surface area contributed by atoms with Crippen molar-refractivity contribution in [3.8, 4) is 0 Å². The van der Waals surface area contributed by atoms with Gasteiger partial charge >= 0.3 is 0 Å². The number of carbonyl (C=O) groups is 1. The van der Waals surface area contributed by atoms with E-state index < -0.39 is 0 Å². The lowest BCUT2D eigenvalue weighted by Crippen LogP contribution is -1.77. The highest BCUT2D eigenvalue weighted by atomic mass is 16.1. The van der Waals surface area contributed by atoms with Crippen molar-refractivity contribution in [3.05, 3.63) is 24.3 Å². The molecule has 98 valence electrons. The van der Waals surface area contributed by atoms with E-state index in [1.807, 2.05) is 0 Å². The van der Waals surface area contributed by atoms with Gasteiger partial charge in [0, 0.05) is 6.42 Å². The van der Waals surface area contributed by atoms with E-state index in [1.165, 1.54) is 51.4 Å². The molecule has 0 rings (SSSR count). The molecular weight excluding hydrogens is 208 g/mol. The molecule has 0 aromatic carbocycles. The van der Waals surface area contributed by atoms with Crippen LogP contribution >= 0.6 is 0 Å². The van der Waals surface area contributed by atoms with Gasteiger partial charge in [-0.1, -0.05) is 50.5 Å². The largest absolute Gasteiger partial charge is 0.303 e. The number of hydrogen-bond donors (Lipinski definition) is 0. The fourth-order valence-electron chi connectivity index (χ4n) is 1.68. The Morgan fingerprint density at radius 2 is 1.18 bits per heavy atom. The van der Waals surface area contributed by atoms with Gasteiger partial charge in [-0.2, -0.15) is 0 Å². The zero-order chi connectivity index (χ0) is 12.6. The third-order valence-corrected chi connectivity index (χ3v) is 2.73. The van der Waals surface area contributed by atoms with Crippen molar-refractivity contribution >= 4 is 6.29 Å². The van der Waals surface area contributed by atoms with Gasteiger partial charge in [0.05, 0.1) is 0 Å². The van der Waals surface area contributed by atoms with Gasteiger partial charge in [-0.05, 0) is 38.5 Å². The van der Waals surface area contributed by atoms with Crippen LogP contribution in [0.15, 0.2) is 24.3 Å². The van der Waals surface area contributed by atoms with Crippen molar-refractivity contribution in [2.24, 2.45) is 0 Å². The highest BCUT2D eigenvalue weighted by Crippen LogP contribution is 2.07. The first-order valence-corrected chi connectivity index (χ1v) is 7.15. The molecule has 0 fully saturated rings. The van der Waals surface area contributed by atoms with Gasteiger partial charge in [0.2, 0.25) is 0 Å². The van der Waals surface area contributed by atoms with Crippen LogP contribution in [0.1, 0.15) is 71.1 Å². The fraction of sp³-hybridized carbons (Fsp3) is 0.688. The van der Waals surface area contributed by atoms with Crippen LogP contribution in [0.3, 0.4) is 0 Å². The van der Waals surface area contributed by atoms with Crippen LogP contribution in [0.5, 0.6) is 0 Å². The summed E-state index contributed by atoms with van der Waals surface area (Å²) in [6.45, 7) is 2.22. The van der Waals surface area contributed by atoms with Gasteiger partial charge in [0.15, 0.2) is 0 Å². The third kappa shape index (κ3) is 15.1. The molecule has 0 bridgehead atoms. The molecular formula is C16H28O. The van der Waals surface area contributed by atoms with Crippen molar-refractivity contribution < 1.29 is 4.79 Å². The molecule has 0 radical (unpaired) electrons. The summed E-state index contributed by atoms with van der Waals surface area (Å²) in [5, 5.41) is 0. The van der Waals surface area contributed by atoms with Crippen molar-refractivity contribution in [2.75, 3.05) is 0 Å². The van der Waals surface area contributed by atoms with Crippen LogP contribution in [0.4, 0.5) is 0 Å². The zero-order valence-corrected chi connectivity index (χ0v) is 11.4. The molecule has 0 aliphatic carbocycles. The maximum Gasteiger partial charge on any atom is 0.120 e. The Morgan fingerprint density at radius 3 is 1.71 bits per heavy atom. The third-order valence-electron chi connectivity index (χ3n) is 2.73. The van der Waals surface area contributed by atoms with Crippen molar-refractivity contribution in [1.82, 2.24) is 0 Å². The van der Waals surface area contributed by atoms with Gasteiger partial charge < -0.3 is 4.79 Å². The van der Waals surface area contributed by atoms with Gasteiger partial charge in [-0.15, -0.1) is 0 Å². The minimum Gasteiger partial charge on any atom is -0.303 e. The van der Waals surface area contributed by atoms with E-state index in [0.29, 0.717) is 6.42 Å². The van der Waals surface area contributed by atoms with E-state index >= 15 is 0 Å². The molecule has 0 aliphatic rings. The molecule has 0 spiro atoms. The van der Waals surface area contributed by atoms with Gasteiger partial charge in [-0.25, -0.2) is 0 Å². The first kappa shape index (κ1) is 16.1. The summed E-state index contributed by atoms with van der Waals surface area (Å²) < 4.78 is 0. The quantitative estimate of drug-likeness (QED) is 0.258. The molecule has 1 nitrogen and oxygen atoms in total. The molecule has 0 aliphatic heterocycles. The van der Waals surface area contributed by atoms with E-state index in [1.54, 1.807) is 0 Å². The predicted octanol–water partition coefficient (Wildman–Crippen LogP) is 5.22. The van der Waals surface area contributed by atoms with Crippen molar-refractivity contribution in [1.29, 1.82) is 0 Å². The predicted molar refractivity (Wildman–Crippen MR) is 76.2 cm³/mol. The Labute approximate surface area is 107 Å². The number of rotatable bonds is 12. The summed E-state index contributed by atoms with van der Waals surface area (Å²) in [7, 11) is 0. The summed E-state index contributed by atoms with van der Waals surface area (Å²) >= 11 is 0. The van der Waals surface area contributed by atoms with E-state index in [0.717, 1.165) is 12.7 Å². The minimum atomic E-state index is 0.667. The highest BCUT2D eigenvalue weighted by molar-refractivity contribution is 5.49. The summed E-state index contributed by atoms with van der Waals surface area (Å²) in [6, 6.07) is 0. The Morgan fingerprint density at radius 1 is 0.647 bits per heavy atom. The van der Waals surface area contributed by atoms with Crippen LogP contribution in [-0.2, 0) is 4.79 Å². The van der Waals surface area contributed by atoms with E-state index in [2.05, 4.69) is 31.2 Å². The second kappa shape index (κ2) is 15.1. The molecule has 0 heterocycles. The average molecular weight is 236 g/mol. The average Bonchev–Trinajstić information content (AvgIpc) is 2.35. The van der Waals surface area contributed by atoms with Crippen LogP contribution in [-0.4, -0.2) is 6.29 Å². The number of carbonyl (C=O) groups excluding carboxylic acids is 1. The summed E-state index contributed by atoms with van der Waals surface area (Å²) in [5.41, 5.74) is 0. The SMILES string of the molecule is CCCC=CCCCCCCC=CCCC=O. The van der Waals surface area contributed by atoms with Crippen LogP contribution < -0.4 is 0 Å². The Kier molecular flexibility index (Phi) is 14.4. The zero-order valence-electron chi connectivity index (χ0n) is 11.4. The standard InChI is InChI=1S/C16H28O/c1-2-3-4-5-6-7-8-9-10-11-12-13-14-15-16-17/h4-5,12-13,16H,2-3,6-11,14-15H2,1H3. The fourth-order valence-corrected chi connectivity index (χ4v) is 1.68. The number of aldehydes is 1. The molecule has 0 N–H and O–H groups in total. The summed E-state index contributed by atoms with van der Waals surface area (Å²) in [4.78, 5) is 10.1. The monoisotopic (exact) mass is 236 g/mol. The van der Waals surface area contributed by atoms with Gasteiger partial charge in [0.1, 0.15) is 6.29 Å².